The van der Waals surface area contributed by atoms with Gasteiger partial charge in [-0.1, -0.05) is 17.7 Å². The number of rotatable bonds is 9. The van der Waals surface area contributed by atoms with Crippen molar-refractivity contribution in [2.24, 2.45) is 4.99 Å². The summed E-state index contributed by atoms with van der Waals surface area (Å²) in [5, 5.41) is 15.4. The Morgan fingerprint density at radius 2 is 1.79 bits per heavy atom. The summed E-state index contributed by atoms with van der Waals surface area (Å²) < 4.78 is 5.78. The van der Waals surface area contributed by atoms with E-state index in [0.29, 0.717) is 31.8 Å². The molecule has 2 rings (SSSR count). The number of aliphatic imine (C=N–C) groups is 1. The molecule has 7 nitrogen and oxygen atoms in total. The summed E-state index contributed by atoms with van der Waals surface area (Å²) in [6, 6.07) is 14.1. The number of phenolic OH excluding ortho intramolecular Hbond substituents is 1. The molecule has 0 radical (unpaired) electrons. The van der Waals surface area contributed by atoms with Crippen LogP contribution in [0, 0.1) is 6.92 Å². The van der Waals surface area contributed by atoms with Gasteiger partial charge in [-0.3, -0.25) is 9.79 Å². The Bertz CT molecular complexity index is 789. The van der Waals surface area contributed by atoms with E-state index in [0.717, 1.165) is 18.3 Å². The maximum atomic E-state index is 12.1. The van der Waals surface area contributed by atoms with Gasteiger partial charge in [0.1, 0.15) is 18.1 Å². The highest BCUT2D eigenvalue weighted by Crippen LogP contribution is 2.11. The second-order valence-electron chi connectivity index (χ2n) is 6.62. The van der Waals surface area contributed by atoms with Crippen LogP contribution in [0.5, 0.6) is 11.5 Å². The third-order valence-corrected chi connectivity index (χ3v) is 4.20. The molecule has 0 bridgehead atoms. The van der Waals surface area contributed by atoms with Gasteiger partial charge >= 0.3 is 0 Å². The first-order valence-electron chi connectivity index (χ1n) is 9.75. The molecule has 0 saturated heterocycles. The van der Waals surface area contributed by atoms with Gasteiger partial charge in [0.15, 0.2) is 5.96 Å². The zero-order chi connectivity index (χ0) is 21.1. The van der Waals surface area contributed by atoms with Crippen LogP contribution in [-0.2, 0) is 0 Å². The van der Waals surface area contributed by atoms with Crippen molar-refractivity contribution < 1.29 is 14.6 Å². The van der Waals surface area contributed by atoms with Crippen LogP contribution in [0.1, 0.15) is 22.8 Å². The van der Waals surface area contributed by atoms with Crippen molar-refractivity contribution in [3.8, 4) is 11.5 Å². The highest BCUT2D eigenvalue weighted by molar-refractivity contribution is 5.94. The molecule has 0 spiro atoms. The molecule has 0 aliphatic carbocycles. The van der Waals surface area contributed by atoms with Crippen LogP contribution in [0.4, 0.5) is 0 Å². The minimum absolute atomic E-state index is 0.135. The van der Waals surface area contributed by atoms with Crippen LogP contribution < -0.4 is 15.4 Å². The van der Waals surface area contributed by atoms with Crippen LogP contribution in [-0.4, -0.2) is 61.7 Å². The van der Waals surface area contributed by atoms with E-state index in [4.69, 9.17) is 4.74 Å². The Hall–Kier alpha value is -3.22. The number of nitrogens with one attached hydrogen (secondary N) is 2. The molecule has 1 amide bonds. The molecule has 0 aliphatic rings. The Morgan fingerprint density at radius 1 is 1.10 bits per heavy atom. The number of hydrogen-bond donors (Lipinski definition) is 3. The first-order valence-corrected chi connectivity index (χ1v) is 9.75. The summed E-state index contributed by atoms with van der Waals surface area (Å²) in [6.45, 7) is 6.91. The molecule has 7 heteroatoms. The first kappa shape index (κ1) is 22.1. The van der Waals surface area contributed by atoms with Gasteiger partial charge in [-0.15, -0.1) is 0 Å². The van der Waals surface area contributed by atoms with E-state index in [1.54, 1.807) is 12.1 Å². The van der Waals surface area contributed by atoms with Crippen LogP contribution in [0.25, 0.3) is 0 Å². The normalized spacial score (nSPS) is 11.1. The van der Waals surface area contributed by atoms with Gasteiger partial charge in [-0.05, 0) is 50.2 Å². The van der Waals surface area contributed by atoms with Crippen LogP contribution in [0.3, 0.4) is 0 Å². The number of benzene rings is 2. The zero-order valence-corrected chi connectivity index (χ0v) is 17.3. The van der Waals surface area contributed by atoms with Crippen LogP contribution >= 0.6 is 0 Å². The van der Waals surface area contributed by atoms with Crippen molar-refractivity contribution in [1.29, 1.82) is 0 Å². The lowest BCUT2D eigenvalue weighted by atomic mass is 10.2. The van der Waals surface area contributed by atoms with E-state index in [9.17, 15) is 9.90 Å². The summed E-state index contributed by atoms with van der Waals surface area (Å²) in [5.74, 6) is 1.56. The Kier molecular flexibility index (Phi) is 8.82. The number of carbonyl (C=O) groups excluding carboxylic acids is 1. The maximum absolute atomic E-state index is 12.1. The monoisotopic (exact) mass is 398 g/mol. The fourth-order valence-corrected chi connectivity index (χ4v) is 2.56. The first-order chi connectivity index (χ1) is 14.0. The number of hydrogen-bond acceptors (Lipinski definition) is 4. The predicted molar refractivity (Wildman–Crippen MR) is 116 cm³/mol. The number of nitrogens with zero attached hydrogens (tertiary/aromatic N) is 2. The zero-order valence-electron chi connectivity index (χ0n) is 17.3. The predicted octanol–water partition coefficient (Wildman–Crippen LogP) is 2.41. The van der Waals surface area contributed by atoms with Gasteiger partial charge in [0.05, 0.1) is 13.1 Å². The summed E-state index contributed by atoms with van der Waals surface area (Å²) in [4.78, 5) is 18.6. The molecule has 0 aromatic heterocycles. The third-order valence-electron chi connectivity index (χ3n) is 4.20. The van der Waals surface area contributed by atoms with Crippen LogP contribution in [0.15, 0.2) is 53.5 Å². The summed E-state index contributed by atoms with van der Waals surface area (Å²) in [7, 11) is 1.95. The van der Waals surface area contributed by atoms with Crippen molar-refractivity contribution >= 4 is 11.9 Å². The average molecular weight is 399 g/mol. The van der Waals surface area contributed by atoms with E-state index in [-0.39, 0.29) is 11.7 Å². The average Bonchev–Trinajstić information content (AvgIpc) is 2.72. The lowest BCUT2D eigenvalue weighted by Gasteiger charge is -2.22. The minimum Gasteiger partial charge on any atom is -0.508 e. The summed E-state index contributed by atoms with van der Waals surface area (Å²) in [6.07, 6.45) is 0. The number of guanidine groups is 1. The molecule has 3 N–H and O–H groups in total. The van der Waals surface area contributed by atoms with Crippen molar-refractivity contribution in [3.05, 3.63) is 59.7 Å². The Balaban J connectivity index is 1.77. The quantitative estimate of drug-likeness (QED) is 0.343. The highest BCUT2D eigenvalue weighted by atomic mass is 16.5. The van der Waals surface area contributed by atoms with Gasteiger partial charge in [0.2, 0.25) is 0 Å². The van der Waals surface area contributed by atoms with Crippen molar-refractivity contribution in [2.45, 2.75) is 13.8 Å². The largest absolute Gasteiger partial charge is 0.508 e. The molecule has 0 heterocycles. The molecular weight excluding hydrogens is 368 g/mol. The number of phenols is 1. The Labute approximate surface area is 172 Å². The smallest absolute Gasteiger partial charge is 0.251 e. The molecule has 0 saturated carbocycles. The van der Waals surface area contributed by atoms with Crippen molar-refractivity contribution in [1.82, 2.24) is 15.5 Å². The maximum Gasteiger partial charge on any atom is 0.251 e. The van der Waals surface area contributed by atoms with Crippen molar-refractivity contribution in [3.63, 3.8) is 0 Å². The molecule has 2 aromatic carbocycles. The van der Waals surface area contributed by atoms with Gasteiger partial charge < -0.3 is 25.4 Å². The lowest BCUT2D eigenvalue weighted by Crippen LogP contribution is -2.41. The molecule has 0 fully saturated rings. The van der Waals surface area contributed by atoms with Gasteiger partial charge in [0, 0.05) is 25.7 Å². The second-order valence-corrected chi connectivity index (χ2v) is 6.62. The van der Waals surface area contributed by atoms with E-state index in [1.165, 1.54) is 17.7 Å². The van der Waals surface area contributed by atoms with Crippen LogP contribution in [0.2, 0.25) is 0 Å². The number of aromatic hydroxyl groups is 1. The molecule has 29 heavy (non-hydrogen) atoms. The number of carbonyl (C=O) groups is 1. The van der Waals surface area contributed by atoms with E-state index in [2.05, 4.69) is 15.6 Å². The lowest BCUT2D eigenvalue weighted by molar-refractivity contribution is 0.0955. The summed E-state index contributed by atoms with van der Waals surface area (Å²) >= 11 is 0. The van der Waals surface area contributed by atoms with E-state index in [1.807, 2.05) is 50.1 Å². The molecule has 0 unspecified atom stereocenters. The number of ether oxygens (including phenoxy) is 1. The highest BCUT2D eigenvalue weighted by Gasteiger charge is 2.07. The second kappa shape index (κ2) is 11.6. The van der Waals surface area contributed by atoms with E-state index < -0.39 is 0 Å². The molecule has 156 valence electrons. The van der Waals surface area contributed by atoms with Gasteiger partial charge in [0.25, 0.3) is 5.91 Å². The number of aryl methyl sites for hydroxylation is 1. The number of likely N-dealkylation sites (N-methyl/N-ethyl adjacent to an activating group) is 1. The minimum atomic E-state index is -0.190. The van der Waals surface area contributed by atoms with Crippen molar-refractivity contribution in [2.75, 3.05) is 39.8 Å². The standard InChI is InChI=1S/C22H30N4O3/c1-4-23-22(26(3)15-16-29-20-11-5-17(2)6-12-20)25-14-13-24-21(28)18-7-9-19(27)10-8-18/h5-12,27H,4,13-16H2,1-3H3,(H,23,25)(H,24,28). The van der Waals surface area contributed by atoms with Gasteiger partial charge in [-0.2, -0.15) is 0 Å². The number of amides is 1. The Morgan fingerprint density at radius 3 is 2.45 bits per heavy atom. The van der Waals surface area contributed by atoms with Gasteiger partial charge in [-0.25, -0.2) is 0 Å². The molecular formula is C22H30N4O3. The summed E-state index contributed by atoms with van der Waals surface area (Å²) in [5.41, 5.74) is 1.71. The SMILES string of the molecule is CCNC(=NCCNC(=O)c1ccc(O)cc1)N(C)CCOc1ccc(C)cc1. The third kappa shape index (κ3) is 7.73. The molecule has 0 aliphatic heterocycles. The van der Waals surface area contributed by atoms with E-state index >= 15 is 0 Å². The topological polar surface area (TPSA) is 86.2 Å². The fraction of sp³-hybridized carbons (Fsp3) is 0.364. The molecule has 0 atom stereocenters. The fourth-order valence-electron chi connectivity index (χ4n) is 2.56. The molecule has 2 aromatic rings.